The van der Waals surface area contributed by atoms with Crippen molar-refractivity contribution in [2.75, 3.05) is 19.8 Å². The maximum absolute atomic E-state index is 8.63. The third-order valence-electron chi connectivity index (χ3n) is 3.30. The van der Waals surface area contributed by atoms with Gasteiger partial charge in [-0.15, -0.1) is 0 Å². The molecule has 3 heteroatoms. The van der Waals surface area contributed by atoms with Crippen LogP contribution in [-0.2, 0) is 4.74 Å². The molecule has 1 aliphatic heterocycles. The Morgan fingerprint density at radius 1 is 1.50 bits per heavy atom. The number of hydrogen-bond donors (Lipinski definition) is 1. The van der Waals surface area contributed by atoms with E-state index < -0.39 is 0 Å². The molecule has 1 atom stereocenters. The highest BCUT2D eigenvalue weighted by atomic mass is 16.5. The summed E-state index contributed by atoms with van der Waals surface area (Å²) in [6, 6.07) is 2.82. The van der Waals surface area contributed by atoms with Crippen molar-refractivity contribution in [3.05, 3.63) is 0 Å². The zero-order valence-electron chi connectivity index (χ0n) is 8.59. The Morgan fingerprint density at radius 2 is 2.36 bits per heavy atom. The van der Waals surface area contributed by atoms with Crippen molar-refractivity contribution in [3.63, 3.8) is 0 Å². The van der Waals surface area contributed by atoms with Crippen LogP contribution in [0.5, 0.6) is 0 Å². The van der Waals surface area contributed by atoms with Gasteiger partial charge in [0.15, 0.2) is 0 Å². The summed E-state index contributed by atoms with van der Waals surface area (Å²) < 4.78 is 5.68. The first kappa shape index (κ1) is 9.95. The van der Waals surface area contributed by atoms with Gasteiger partial charge in [-0.3, -0.25) is 0 Å². The molecule has 2 fully saturated rings. The first-order valence-corrected chi connectivity index (χ1v) is 5.53. The molecule has 14 heavy (non-hydrogen) atoms. The monoisotopic (exact) mass is 194 g/mol. The minimum absolute atomic E-state index is 0.243. The lowest BCUT2D eigenvalue weighted by atomic mass is 10.1. The number of nitriles is 1. The van der Waals surface area contributed by atoms with Crippen LogP contribution in [0.4, 0.5) is 0 Å². The largest absolute Gasteiger partial charge is 0.379 e. The second kappa shape index (κ2) is 4.29. The number of hydrogen-bond acceptors (Lipinski definition) is 3. The predicted octanol–water partition coefficient (Wildman–Crippen LogP) is 1.45. The summed E-state index contributed by atoms with van der Waals surface area (Å²) in [7, 11) is 0. The summed E-state index contributed by atoms with van der Waals surface area (Å²) in [6.07, 6.45) is 5.55. The molecule has 1 heterocycles. The Morgan fingerprint density at radius 3 is 2.93 bits per heavy atom. The van der Waals surface area contributed by atoms with Crippen LogP contribution in [0.1, 0.15) is 32.1 Å². The van der Waals surface area contributed by atoms with E-state index in [1.807, 2.05) is 0 Å². The van der Waals surface area contributed by atoms with Gasteiger partial charge >= 0.3 is 0 Å². The van der Waals surface area contributed by atoms with E-state index in [1.165, 1.54) is 25.7 Å². The van der Waals surface area contributed by atoms with Crippen molar-refractivity contribution in [1.29, 1.82) is 5.26 Å². The molecule has 0 aromatic carbocycles. The second-order valence-electron chi connectivity index (χ2n) is 4.64. The third-order valence-corrected chi connectivity index (χ3v) is 3.30. The molecule has 1 saturated carbocycles. The summed E-state index contributed by atoms with van der Waals surface area (Å²) >= 11 is 0. The lowest BCUT2D eigenvalue weighted by molar-refractivity contribution is 0.0780. The van der Waals surface area contributed by atoms with Crippen LogP contribution in [0.25, 0.3) is 0 Å². The van der Waals surface area contributed by atoms with Gasteiger partial charge in [-0.1, -0.05) is 0 Å². The molecule has 1 aliphatic carbocycles. The summed E-state index contributed by atoms with van der Waals surface area (Å²) in [4.78, 5) is 0. The summed E-state index contributed by atoms with van der Waals surface area (Å²) in [5, 5.41) is 12.0. The van der Waals surface area contributed by atoms with Crippen LogP contribution in [-0.4, -0.2) is 25.8 Å². The van der Waals surface area contributed by atoms with Crippen molar-refractivity contribution < 1.29 is 4.74 Å². The average molecular weight is 194 g/mol. The van der Waals surface area contributed by atoms with Crippen LogP contribution < -0.4 is 5.32 Å². The second-order valence-corrected chi connectivity index (χ2v) is 4.64. The van der Waals surface area contributed by atoms with Gasteiger partial charge in [0.25, 0.3) is 0 Å². The van der Waals surface area contributed by atoms with Gasteiger partial charge in [-0.05, 0) is 32.2 Å². The molecular formula is C11H18N2O. The fraction of sp³-hybridized carbons (Fsp3) is 0.909. The molecule has 0 spiro atoms. The van der Waals surface area contributed by atoms with E-state index in [0.717, 1.165) is 19.8 Å². The molecule has 0 aromatic rings. The lowest BCUT2D eigenvalue weighted by Gasteiger charge is -2.14. The summed E-state index contributed by atoms with van der Waals surface area (Å²) in [5.74, 6) is 0. The van der Waals surface area contributed by atoms with Gasteiger partial charge in [0.1, 0.15) is 0 Å². The zero-order valence-corrected chi connectivity index (χ0v) is 8.59. The lowest BCUT2D eigenvalue weighted by Crippen LogP contribution is -2.28. The van der Waals surface area contributed by atoms with Crippen molar-refractivity contribution in [2.45, 2.75) is 38.1 Å². The molecule has 3 nitrogen and oxygen atoms in total. The molecule has 0 bridgehead atoms. The standard InChI is InChI=1S/C11H18N2O/c12-6-5-11(3-4-11)9-14-8-10-2-1-7-13-10/h10,13H,1-5,7-9H2. The van der Waals surface area contributed by atoms with Crippen LogP contribution >= 0.6 is 0 Å². The Kier molecular flexibility index (Phi) is 3.05. The number of nitrogens with zero attached hydrogens (tertiary/aromatic N) is 1. The van der Waals surface area contributed by atoms with Crippen molar-refractivity contribution in [3.8, 4) is 6.07 Å². The first-order valence-electron chi connectivity index (χ1n) is 5.53. The minimum Gasteiger partial charge on any atom is -0.379 e. The van der Waals surface area contributed by atoms with Crippen LogP contribution in [0.15, 0.2) is 0 Å². The Hall–Kier alpha value is -0.590. The van der Waals surface area contributed by atoms with E-state index in [4.69, 9.17) is 10.00 Å². The van der Waals surface area contributed by atoms with Crippen molar-refractivity contribution in [2.24, 2.45) is 5.41 Å². The predicted molar refractivity (Wildman–Crippen MR) is 53.7 cm³/mol. The summed E-state index contributed by atoms with van der Waals surface area (Å²) in [6.45, 7) is 2.75. The van der Waals surface area contributed by atoms with Gasteiger partial charge in [0.2, 0.25) is 0 Å². The van der Waals surface area contributed by atoms with E-state index in [2.05, 4.69) is 11.4 Å². The SMILES string of the molecule is N#CCC1(COCC2CCCN2)CC1. The van der Waals surface area contributed by atoms with E-state index in [-0.39, 0.29) is 5.41 Å². The summed E-state index contributed by atoms with van der Waals surface area (Å²) in [5.41, 5.74) is 0.243. The normalized spacial score (nSPS) is 28.6. The Bertz CT molecular complexity index is 224. The molecular weight excluding hydrogens is 176 g/mol. The van der Waals surface area contributed by atoms with E-state index in [0.29, 0.717) is 12.5 Å². The van der Waals surface area contributed by atoms with Gasteiger partial charge in [0, 0.05) is 17.9 Å². The quantitative estimate of drug-likeness (QED) is 0.720. The van der Waals surface area contributed by atoms with Crippen molar-refractivity contribution >= 4 is 0 Å². The van der Waals surface area contributed by atoms with E-state index in [1.54, 1.807) is 0 Å². The van der Waals surface area contributed by atoms with E-state index in [9.17, 15) is 0 Å². The molecule has 2 aliphatic rings. The topological polar surface area (TPSA) is 45.0 Å². The molecule has 2 rings (SSSR count). The van der Waals surface area contributed by atoms with E-state index >= 15 is 0 Å². The molecule has 1 unspecified atom stereocenters. The van der Waals surface area contributed by atoms with Gasteiger partial charge in [-0.2, -0.15) is 5.26 Å². The fourth-order valence-electron chi connectivity index (χ4n) is 2.03. The molecule has 0 amide bonds. The number of rotatable bonds is 5. The molecule has 0 radical (unpaired) electrons. The maximum atomic E-state index is 8.63. The van der Waals surface area contributed by atoms with Crippen molar-refractivity contribution in [1.82, 2.24) is 5.32 Å². The first-order chi connectivity index (χ1) is 6.85. The number of nitrogens with one attached hydrogen (secondary N) is 1. The Labute approximate surface area is 85.4 Å². The minimum atomic E-state index is 0.243. The molecule has 0 aromatic heterocycles. The average Bonchev–Trinajstić information content (AvgIpc) is 2.75. The van der Waals surface area contributed by atoms with Crippen LogP contribution in [0.3, 0.4) is 0 Å². The maximum Gasteiger partial charge on any atom is 0.0628 e. The number of ether oxygens (including phenoxy) is 1. The smallest absolute Gasteiger partial charge is 0.0628 e. The van der Waals surface area contributed by atoms with Crippen LogP contribution in [0, 0.1) is 16.7 Å². The zero-order chi connectivity index (χ0) is 9.86. The highest BCUT2D eigenvalue weighted by Gasteiger charge is 2.42. The van der Waals surface area contributed by atoms with Crippen LogP contribution in [0.2, 0.25) is 0 Å². The molecule has 78 valence electrons. The Balaban J connectivity index is 1.60. The highest BCUT2D eigenvalue weighted by Crippen LogP contribution is 2.48. The van der Waals surface area contributed by atoms with Gasteiger partial charge in [0.05, 0.1) is 19.3 Å². The third kappa shape index (κ3) is 2.46. The molecule has 1 saturated heterocycles. The molecule has 1 N–H and O–H groups in total. The van der Waals surface area contributed by atoms with Gasteiger partial charge < -0.3 is 10.1 Å². The highest BCUT2D eigenvalue weighted by molar-refractivity contribution is 4.99. The fourth-order valence-corrected chi connectivity index (χ4v) is 2.03. The van der Waals surface area contributed by atoms with Gasteiger partial charge in [-0.25, -0.2) is 0 Å².